The average Bonchev–Trinajstić information content (AvgIpc) is 2.27. The molecule has 0 fully saturated rings. The number of nitrogens with two attached hydrogens (primary N) is 1. The van der Waals surface area contributed by atoms with E-state index in [1.54, 1.807) is 0 Å². The van der Waals surface area contributed by atoms with Crippen molar-refractivity contribution in [3.8, 4) is 11.5 Å². The number of hydrogen-bond donors (Lipinski definition) is 3. The fraction of sp³-hybridized carbons (Fsp3) is 0.364. The van der Waals surface area contributed by atoms with Gasteiger partial charge in [0.25, 0.3) is 0 Å². The maximum Gasteiger partial charge on any atom is 0.341 e. The molecule has 0 bridgehead atoms. The van der Waals surface area contributed by atoms with E-state index in [-0.39, 0.29) is 17.1 Å². The van der Waals surface area contributed by atoms with Gasteiger partial charge in [-0.25, -0.2) is 4.79 Å². The molecule has 1 aromatic carbocycles. The highest BCUT2D eigenvalue weighted by Crippen LogP contribution is 2.28. The second-order valence-corrected chi connectivity index (χ2v) is 3.38. The van der Waals surface area contributed by atoms with Crippen LogP contribution in [0.15, 0.2) is 12.1 Å². The van der Waals surface area contributed by atoms with E-state index < -0.39 is 5.97 Å². The van der Waals surface area contributed by atoms with Gasteiger partial charge in [0.05, 0.1) is 7.11 Å². The Bertz CT molecular complexity index is 390. The summed E-state index contributed by atoms with van der Waals surface area (Å²) >= 11 is 0. The van der Waals surface area contributed by atoms with Crippen molar-refractivity contribution in [2.45, 2.75) is 12.8 Å². The molecule has 0 saturated carbocycles. The molecule has 0 heterocycles. The third-order valence-electron chi connectivity index (χ3n) is 2.25. The number of phenols is 2. The van der Waals surface area contributed by atoms with Crippen LogP contribution in [0.4, 0.5) is 0 Å². The fourth-order valence-electron chi connectivity index (χ4n) is 1.39. The van der Waals surface area contributed by atoms with Crippen LogP contribution in [-0.4, -0.2) is 29.8 Å². The van der Waals surface area contributed by atoms with E-state index in [1.165, 1.54) is 13.2 Å². The highest BCUT2D eigenvalue weighted by Gasteiger charge is 2.15. The van der Waals surface area contributed by atoms with Crippen molar-refractivity contribution in [3.63, 3.8) is 0 Å². The standard InChI is InChI=1S/C11H15NO4/c1-16-11(15)8-5-7(3-2-4-12)9(13)6-10(8)14/h5-6,13-14H,2-4,12H2,1H3. The Labute approximate surface area is 93.5 Å². The van der Waals surface area contributed by atoms with Crippen LogP contribution < -0.4 is 5.73 Å². The van der Waals surface area contributed by atoms with E-state index in [9.17, 15) is 15.0 Å². The van der Waals surface area contributed by atoms with E-state index in [0.29, 0.717) is 24.9 Å². The molecule has 5 heteroatoms. The number of phenolic OH excluding ortho intramolecular Hbond substituents is 2. The number of methoxy groups -OCH3 is 1. The number of hydrogen-bond acceptors (Lipinski definition) is 5. The van der Waals surface area contributed by atoms with Gasteiger partial charge in [0.2, 0.25) is 0 Å². The quantitative estimate of drug-likeness (QED) is 0.658. The van der Waals surface area contributed by atoms with Crippen molar-refractivity contribution < 1.29 is 19.7 Å². The Hall–Kier alpha value is -1.75. The second kappa shape index (κ2) is 5.37. The number of ether oxygens (including phenoxy) is 1. The lowest BCUT2D eigenvalue weighted by Crippen LogP contribution is -2.04. The van der Waals surface area contributed by atoms with Gasteiger partial charge in [-0.05, 0) is 31.0 Å². The van der Waals surface area contributed by atoms with Gasteiger partial charge in [0.15, 0.2) is 0 Å². The van der Waals surface area contributed by atoms with Crippen molar-refractivity contribution >= 4 is 5.97 Å². The molecule has 4 N–H and O–H groups in total. The molecule has 0 aromatic heterocycles. The summed E-state index contributed by atoms with van der Waals surface area (Å²) in [7, 11) is 1.23. The molecule has 1 rings (SSSR count). The van der Waals surface area contributed by atoms with E-state index in [4.69, 9.17) is 5.73 Å². The van der Waals surface area contributed by atoms with E-state index in [1.807, 2.05) is 0 Å². The Kier molecular flexibility index (Phi) is 4.13. The topological polar surface area (TPSA) is 92.8 Å². The Morgan fingerprint density at radius 2 is 2.06 bits per heavy atom. The van der Waals surface area contributed by atoms with Crippen LogP contribution in [0.25, 0.3) is 0 Å². The average molecular weight is 225 g/mol. The number of carbonyl (C=O) groups is 1. The molecular formula is C11H15NO4. The molecule has 1 aromatic rings. The largest absolute Gasteiger partial charge is 0.508 e. The fourth-order valence-corrected chi connectivity index (χ4v) is 1.39. The number of benzene rings is 1. The SMILES string of the molecule is COC(=O)c1cc(CCCN)c(O)cc1O. The minimum Gasteiger partial charge on any atom is -0.508 e. The van der Waals surface area contributed by atoms with Crippen molar-refractivity contribution in [2.75, 3.05) is 13.7 Å². The first-order valence-electron chi connectivity index (χ1n) is 4.93. The van der Waals surface area contributed by atoms with E-state index >= 15 is 0 Å². The van der Waals surface area contributed by atoms with Crippen LogP contribution in [0.3, 0.4) is 0 Å². The molecule has 88 valence electrons. The molecule has 0 radical (unpaired) electrons. The van der Waals surface area contributed by atoms with Gasteiger partial charge in [-0.2, -0.15) is 0 Å². The second-order valence-electron chi connectivity index (χ2n) is 3.38. The third kappa shape index (κ3) is 2.64. The summed E-state index contributed by atoms with van der Waals surface area (Å²) < 4.78 is 4.51. The monoisotopic (exact) mass is 225 g/mol. The first-order chi connectivity index (χ1) is 7.60. The van der Waals surface area contributed by atoms with Crippen LogP contribution in [0.5, 0.6) is 11.5 Å². The van der Waals surface area contributed by atoms with E-state index in [2.05, 4.69) is 4.74 Å². The van der Waals surface area contributed by atoms with E-state index in [0.717, 1.165) is 6.07 Å². The zero-order chi connectivity index (χ0) is 12.1. The van der Waals surface area contributed by atoms with Crippen LogP contribution >= 0.6 is 0 Å². The number of aryl methyl sites for hydroxylation is 1. The minimum absolute atomic E-state index is 0.0430. The van der Waals surface area contributed by atoms with Crippen LogP contribution in [0.2, 0.25) is 0 Å². The minimum atomic E-state index is -0.633. The predicted molar refractivity (Wildman–Crippen MR) is 58.5 cm³/mol. The molecule has 0 spiro atoms. The maximum absolute atomic E-state index is 11.3. The molecule has 0 aliphatic heterocycles. The smallest absolute Gasteiger partial charge is 0.341 e. The zero-order valence-corrected chi connectivity index (χ0v) is 9.06. The molecule has 0 aliphatic carbocycles. The number of esters is 1. The summed E-state index contributed by atoms with van der Waals surface area (Å²) in [4.78, 5) is 11.3. The summed E-state index contributed by atoms with van der Waals surface area (Å²) in [6.45, 7) is 0.494. The first kappa shape index (κ1) is 12.3. The normalized spacial score (nSPS) is 10.1. The summed E-state index contributed by atoms with van der Waals surface area (Å²) in [5.41, 5.74) is 5.98. The molecular weight excluding hydrogens is 210 g/mol. The van der Waals surface area contributed by atoms with Gasteiger partial charge in [0, 0.05) is 6.07 Å². The molecule has 5 nitrogen and oxygen atoms in total. The molecule has 16 heavy (non-hydrogen) atoms. The van der Waals surface area contributed by atoms with Crippen molar-refractivity contribution in [1.82, 2.24) is 0 Å². The number of carbonyl (C=O) groups excluding carboxylic acids is 1. The van der Waals surface area contributed by atoms with Gasteiger partial charge in [0.1, 0.15) is 17.1 Å². The Morgan fingerprint density at radius 1 is 1.38 bits per heavy atom. The van der Waals surface area contributed by atoms with Crippen LogP contribution in [0.1, 0.15) is 22.3 Å². The Morgan fingerprint density at radius 3 is 2.62 bits per heavy atom. The lowest BCUT2D eigenvalue weighted by Gasteiger charge is -2.08. The lowest BCUT2D eigenvalue weighted by molar-refractivity contribution is 0.0597. The highest BCUT2D eigenvalue weighted by molar-refractivity contribution is 5.92. The molecule has 0 amide bonds. The zero-order valence-electron chi connectivity index (χ0n) is 9.06. The third-order valence-corrected chi connectivity index (χ3v) is 2.25. The van der Waals surface area contributed by atoms with Gasteiger partial charge in [-0.3, -0.25) is 0 Å². The predicted octanol–water partition coefficient (Wildman–Crippen LogP) is 0.776. The molecule has 0 atom stereocenters. The van der Waals surface area contributed by atoms with Gasteiger partial charge >= 0.3 is 5.97 Å². The summed E-state index contributed by atoms with van der Waals surface area (Å²) in [5, 5.41) is 19.0. The molecule has 0 saturated heterocycles. The van der Waals surface area contributed by atoms with Gasteiger partial charge in [-0.15, -0.1) is 0 Å². The van der Waals surface area contributed by atoms with Gasteiger partial charge in [-0.1, -0.05) is 0 Å². The lowest BCUT2D eigenvalue weighted by atomic mass is 10.0. The first-order valence-corrected chi connectivity index (χ1v) is 4.93. The van der Waals surface area contributed by atoms with Crippen molar-refractivity contribution in [1.29, 1.82) is 0 Å². The van der Waals surface area contributed by atoms with Crippen LogP contribution in [-0.2, 0) is 11.2 Å². The van der Waals surface area contributed by atoms with Crippen molar-refractivity contribution in [2.24, 2.45) is 5.73 Å². The van der Waals surface area contributed by atoms with Crippen molar-refractivity contribution in [3.05, 3.63) is 23.3 Å². The molecule has 0 unspecified atom stereocenters. The summed E-state index contributed by atoms with van der Waals surface area (Å²) in [6, 6.07) is 2.56. The molecule has 0 aliphatic rings. The summed E-state index contributed by atoms with van der Waals surface area (Å²) in [6.07, 6.45) is 1.24. The number of rotatable bonds is 4. The van der Waals surface area contributed by atoms with Crippen LogP contribution in [0, 0.1) is 0 Å². The summed E-state index contributed by atoms with van der Waals surface area (Å²) in [5.74, 6) is -0.967. The Balaban J connectivity index is 3.06. The highest BCUT2D eigenvalue weighted by atomic mass is 16.5. The van der Waals surface area contributed by atoms with Gasteiger partial charge < -0.3 is 20.7 Å². The maximum atomic E-state index is 11.3. The number of aromatic hydroxyl groups is 2.